The maximum atomic E-state index is 13.5. The molecule has 0 spiro atoms. The van der Waals surface area contributed by atoms with Crippen LogP contribution >= 0.6 is 0 Å². The predicted molar refractivity (Wildman–Crippen MR) is 429 cm³/mol. The van der Waals surface area contributed by atoms with Crippen molar-refractivity contribution in [1.29, 1.82) is 0 Å². The maximum Gasteiger partial charge on any atom is 0.220 e. The number of hydrogen-bond donors (Lipinski definition) is 12. The smallest absolute Gasteiger partial charge is 0.220 e. The van der Waals surface area contributed by atoms with Crippen molar-refractivity contribution in [2.45, 2.75) is 478 Å². The van der Waals surface area contributed by atoms with Crippen LogP contribution in [0.15, 0.2) is 48.6 Å². The first-order chi connectivity index (χ1) is 52.3. The first-order valence-electron chi connectivity index (χ1n) is 44.4. The highest BCUT2D eigenvalue weighted by Gasteiger charge is 2.54. The minimum atomic E-state index is -1.98. The van der Waals surface area contributed by atoms with Crippen molar-refractivity contribution in [3.8, 4) is 0 Å². The molecular formula is C88H163NO18. The van der Waals surface area contributed by atoms with E-state index in [1.807, 2.05) is 6.08 Å². The summed E-state index contributed by atoms with van der Waals surface area (Å²) in [5, 5.41) is 121. The van der Waals surface area contributed by atoms with Gasteiger partial charge in [-0.2, -0.15) is 0 Å². The van der Waals surface area contributed by atoms with E-state index in [0.29, 0.717) is 12.8 Å². The van der Waals surface area contributed by atoms with Gasteiger partial charge in [0.2, 0.25) is 5.91 Å². The number of carbonyl (C=O) groups is 1. The van der Waals surface area contributed by atoms with Gasteiger partial charge in [0.15, 0.2) is 18.9 Å². The van der Waals surface area contributed by atoms with E-state index < -0.39 is 124 Å². The van der Waals surface area contributed by atoms with Crippen LogP contribution in [0.2, 0.25) is 0 Å². The zero-order chi connectivity index (χ0) is 77.4. The van der Waals surface area contributed by atoms with E-state index in [0.717, 1.165) is 44.9 Å². The fourth-order valence-corrected chi connectivity index (χ4v) is 15.0. The van der Waals surface area contributed by atoms with Crippen molar-refractivity contribution in [2.75, 3.05) is 26.4 Å². The summed E-state index contributed by atoms with van der Waals surface area (Å²) in [6.07, 6.45) is 61.3. The molecule has 0 radical (unpaired) electrons. The van der Waals surface area contributed by atoms with E-state index in [1.54, 1.807) is 6.08 Å². The summed E-state index contributed by atoms with van der Waals surface area (Å²) in [7, 11) is 0. The van der Waals surface area contributed by atoms with Crippen molar-refractivity contribution >= 4 is 5.91 Å². The lowest BCUT2D eigenvalue weighted by atomic mass is 9.96. The molecule has 628 valence electrons. The molecule has 12 N–H and O–H groups in total. The summed E-state index contributed by atoms with van der Waals surface area (Å²) in [6, 6.07) is -0.998. The second kappa shape index (κ2) is 68.2. The lowest BCUT2D eigenvalue weighted by molar-refractivity contribution is -0.379. The van der Waals surface area contributed by atoms with Crippen LogP contribution in [0.1, 0.15) is 373 Å². The van der Waals surface area contributed by atoms with Gasteiger partial charge in [0.1, 0.15) is 73.2 Å². The van der Waals surface area contributed by atoms with Crippen molar-refractivity contribution in [2.24, 2.45) is 0 Å². The third-order valence-corrected chi connectivity index (χ3v) is 22.1. The topological polar surface area (TPSA) is 307 Å². The predicted octanol–water partition coefficient (Wildman–Crippen LogP) is 16.4. The Labute approximate surface area is 650 Å². The zero-order valence-corrected chi connectivity index (χ0v) is 67.6. The zero-order valence-electron chi connectivity index (χ0n) is 67.6. The maximum absolute atomic E-state index is 13.5. The molecule has 0 saturated carbocycles. The van der Waals surface area contributed by atoms with Gasteiger partial charge >= 0.3 is 0 Å². The Morgan fingerprint density at radius 3 is 0.935 bits per heavy atom. The van der Waals surface area contributed by atoms with Crippen molar-refractivity contribution in [3.05, 3.63) is 48.6 Å². The third-order valence-electron chi connectivity index (χ3n) is 22.1. The number of allylic oxidation sites excluding steroid dienone is 7. The molecule has 3 aliphatic heterocycles. The Morgan fingerprint density at radius 1 is 0.327 bits per heavy atom. The molecule has 0 aromatic rings. The van der Waals surface area contributed by atoms with E-state index in [4.69, 9.17) is 28.4 Å². The van der Waals surface area contributed by atoms with Crippen LogP contribution in [0.4, 0.5) is 0 Å². The van der Waals surface area contributed by atoms with Crippen molar-refractivity contribution in [3.63, 3.8) is 0 Å². The minimum Gasteiger partial charge on any atom is -0.394 e. The number of carbonyl (C=O) groups excluding carboxylic acids is 1. The Kier molecular flexibility index (Phi) is 63.0. The fraction of sp³-hybridized carbons (Fsp3) is 0.898. The van der Waals surface area contributed by atoms with Gasteiger partial charge in [0, 0.05) is 6.42 Å². The number of aliphatic hydroxyl groups excluding tert-OH is 11. The number of nitrogens with one attached hydrogen (secondary N) is 1. The van der Waals surface area contributed by atoms with Crippen LogP contribution in [0, 0.1) is 0 Å². The second-order valence-electron chi connectivity index (χ2n) is 31.7. The molecule has 0 aliphatic carbocycles. The van der Waals surface area contributed by atoms with E-state index in [9.17, 15) is 61.0 Å². The van der Waals surface area contributed by atoms with Gasteiger partial charge < -0.3 is 89.9 Å². The van der Waals surface area contributed by atoms with Gasteiger partial charge in [-0.15, -0.1) is 0 Å². The number of unbranched alkanes of at least 4 members (excludes halogenated alkanes) is 50. The van der Waals surface area contributed by atoms with Crippen LogP contribution in [-0.2, 0) is 33.2 Å². The van der Waals surface area contributed by atoms with Crippen LogP contribution in [0.5, 0.6) is 0 Å². The van der Waals surface area contributed by atoms with Crippen molar-refractivity contribution in [1.82, 2.24) is 5.32 Å². The summed E-state index contributed by atoms with van der Waals surface area (Å²) in [5.41, 5.74) is 0. The Hall–Kier alpha value is -2.25. The lowest BCUT2D eigenvalue weighted by Gasteiger charge is -2.48. The summed E-state index contributed by atoms with van der Waals surface area (Å²) in [6.45, 7) is 1.77. The molecule has 3 rings (SSSR count). The summed E-state index contributed by atoms with van der Waals surface area (Å²) < 4.78 is 34.5. The fourth-order valence-electron chi connectivity index (χ4n) is 15.0. The summed E-state index contributed by atoms with van der Waals surface area (Å²) in [4.78, 5) is 13.5. The number of amides is 1. The number of aliphatic hydroxyl groups is 11. The van der Waals surface area contributed by atoms with Gasteiger partial charge in [-0.05, 0) is 70.6 Å². The minimum absolute atomic E-state index is 0.235. The monoisotopic (exact) mass is 1520 g/mol. The lowest BCUT2D eigenvalue weighted by Crippen LogP contribution is -2.66. The van der Waals surface area contributed by atoms with Crippen LogP contribution < -0.4 is 5.32 Å². The number of rotatable bonds is 72. The molecule has 3 saturated heterocycles. The molecule has 3 aliphatic rings. The molecule has 3 fully saturated rings. The van der Waals surface area contributed by atoms with E-state index in [1.165, 1.54) is 295 Å². The average Bonchev–Trinajstić information content (AvgIpc) is 0.781. The SMILES string of the molecule is CCCCCCCCCC/C=C\CCCCCCCCCCCCCCCCCCCCCCCCCCCC(=O)NC(COC1OC(CO)C(OC2OC(CO)C(OC3OC(CO)C(O)C(O)C3O)C(O)C2O)C(O)C1O)C(O)/C=C/CC/C=C/CC/C=C/CCCCCCCCCCCCCCCCC. The highest BCUT2D eigenvalue weighted by atomic mass is 16.8. The first kappa shape index (κ1) is 98.9. The van der Waals surface area contributed by atoms with Crippen LogP contribution in [-0.4, -0.2) is 193 Å². The van der Waals surface area contributed by atoms with Gasteiger partial charge in [-0.1, -0.05) is 345 Å². The summed E-state index contributed by atoms with van der Waals surface area (Å²) >= 11 is 0. The molecule has 0 aromatic heterocycles. The second-order valence-corrected chi connectivity index (χ2v) is 31.7. The highest BCUT2D eigenvalue weighted by molar-refractivity contribution is 5.76. The molecule has 0 bridgehead atoms. The van der Waals surface area contributed by atoms with E-state index in [-0.39, 0.29) is 18.9 Å². The van der Waals surface area contributed by atoms with Gasteiger partial charge in [-0.3, -0.25) is 4.79 Å². The molecule has 17 unspecified atom stereocenters. The standard InChI is InChI=1S/C88H163NO18/c1-3-5-7-9-11-13-15-17-19-21-23-25-27-29-30-31-32-33-34-35-36-37-38-39-40-42-44-46-48-50-52-54-56-58-60-62-64-66-76(94)89-71(72(93)65-63-61-59-57-55-53-51-49-47-45-43-41-28-26-24-22-20-18-16-14-12-10-8-6-4-2)70-102-86-82(100)79(97)84(74(68-91)104-86)107-88-83(101)80(98)85(75(69-92)105-88)106-87-81(99)78(96)77(95)73(67-90)103-87/h21,23,47,49,55,57,63,65,71-75,77-88,90-93,95-101H,3-20,22,24-46,48,50-54,56,58-62,64,66-70H2,1-2H3,(H,89,94)/b23-21-,49-47+,57-55+,65-63+. The Balaban J connectivity index is 1.33. The molecule has 19 nitrogen and oxygen atoms in total. The molecule has 0 aromatic carbocycles. The quantitative estimate of drug-likeness (QED) is 0.0199. The number of ether oxygens (including phenoxy) is 6. The molecule has 19 heteroatoms. The molecule has 1 amide bonds. The molecule has 17 atom stereocenters. The van der Waals surface area contributed by atoms with Gasteiger partial charge in [0.25, 0.3) is 0 Å². The molecule has 3 heterocycles. The normalized spacial score (nSPS) is 25.7. The van der Waals surface area contributed by atoms with Gasteiger partial charge in [-0.25, -0.2) is 0 Å². The molecule has 107 heavy (non-hydrogen) atoms. The Bertz CT molecular complexity index is 2120. The summed E-state index contributed by atoms with van der Waals surface area (Å²) in [5.74, 6) is -0.282. The molecular weight excluding hydrogens is 1360 g/mol. The number of hydrogen-bond acceptors (Lipinski definition) is 18. The largest absolute Gasteiger partial charge is 0.394 e. The van der Waals surface area contributed by atoms with E-state index >= 15 is 0 Å². The third kappa shape index (κ3) is 47.3. The van der Waals surface area contributed by atoms with Gasteiger partial charge in [0.05, 0.1) is 38.6 Å². The highest BCUT2D eigenvalue weighted by Crippen LogP contribution is 2.33. The van der Waals surface area contributed by atoms with Crippen LogP contribution in [0.25, 0.3) is 0 Å². The van der Waals surface area contributed by atoms with Crippen LogP contribution in [0.3, 0.4) is 0 Å². The first-order valence-corrected chi connectivity index (χ1v) is 44.4. The van der Waals surface area contributed by atoms with E-state index in [2.05, 4.69) is 55.6 Å². The average molecular weight is 1520 g/mol. The van der Waals surface area contributed by atoms with Crippen molar-refractivity contribution < 1.29 is 89.4 Å². The Morgan fingerprint density at radius 2 is 0.598 bits per heavy atom.